The fourth-order valence-electron chi connectivity index (χ4n) is 1.32. The summed E-state index contributed by atoms with van der Waals surface area (Å²) in [5, 5.41) is 0. The maximum atomic E-state index is 5.89. The van der Waals surface area contributed by atoms with Crippen LogP contribution in [0.15, 0.2) is 30.9 Å². The van der Waals surface area contributed by atoms with Gasteiger partial charge in [-0.3, -0.25) is 0 Å². The molecule has 14 heavy (non-hydrogen) atoms. The molecule has 0 bridgehead atoms. The standard InChI is InChI=1S/C12H17NS/c1-4-5-11(13)8-9(2)12-7-6-10(3)14-12/h4-7,11H,2,8,13H2,1,3H3/b5-4-/t11-/m0/s1. The molecule has 76 valence electrons. The van der Waals surface area contributed by atoms with Gasteiger partial charge in [0.05, 0.1) is 0 Å². The fraction of sp³-hybridized carbons (Fsp3) is 0.333. The molecule has 1 atom stereocenters. The summed E-state index contributed by atoms with van der Waals surface area (Å²) >= 11 is 1.78. The van der Waals surface area contributed by atoms with E-state index in [0.29, 0.717) is 0 Å². The summed E-state index contributed by atoms with van der Waals surface area (Å²) in [5.74, 6) is 0. The monoisotopic (exact) mass is 207 g/mol. The first-order chi connectivity index (χ1) is 6.63. The van der Waals surface area contributed by atoms with Gasteiger partial charge in [-0.25, -0.2) is 0 Å². The minimum atomic E-state index is 0.0925. The minimum Gasteiger partial charge on any atom is -0.324 e. The van der Waals surface area contributed by atoms with Crippen LogP contribution in [0, 0.1) is 6.92 Å². The molecule has 0 fully saturated rings. The maximum Gasteiger partial charge on any atom is 0.0299 e. The lowest BCUT2D eigenvalue weighted by Crippen LogP contribution is -2.16. The number of thiophene rings is 1. The lowest BCUT2D eigenvalue weighted by molar-refractivity contribution is 0.847. The molecule has 1 aromatic rings. The van der Waals surface area contributed by atoms with E-state index >= 15 is 0 Å². The van der Waals surface area contributed by atoms with Crippen LogP contribution in [-0.4, -0.2) is 6.04 Å². The summed E-state index contributed by atoms with van der Waals surface area (Å²) in [4.78, 5) is 2.57. The summed E-state index contributed by atoms with van der Waals surface area (Å²) < 4.78 is 0. The Balaban J connectivity index is 2.59. The summed E-state index contributed by atoms with van der Waals surface area (Å²) in [6, 6.07) is 4.33. The van der Waals surface area contributed by atoms with E-state index in [0.717, 1.165) is 12.0 Å². The molecule has 2 heteroatoms. The van der Waals surface area contributed by atoms with Crippen molar-refractivity contribution in [1.82, 2.24) is 0 Å². The molecule has 0 aliphatic heterocycles. The minimum absolute atomic E-state index is 0.0925. The highest BCUT2D eigenvalue weighted by molar-refractivity contribution is 7.13. The molecule has 1 nitrogen and oxygen atoms in total. The predicted octanol–water partition coefficient (Wildman–Crippen LogP) is 3.36. The van der Waals surface area contributed by atoms with Crippen LogP contribution in [0.1, 0.15) is 23.1 Å². The number of nitrogens with two attached hydrogens (primary N) is 1. The largest absolute Gasteiger partial charge is 0.324 e. The van der Waals surface area contributed by atoms with E-state index in [-0.39, 0.29) is 6.04 Å². The lowest BCUT2D eigenvalue weighted by Gasteiger charge is -2.07. The molecular weight excluding hydrogens is 190 g/mol. The zero-order chi connectivity index (χ0) is 10.6. The van der Waals surface area contributed by atoms with Gasteiger partial charge in [0.1, 0.15) is 0 Å². The van der Waals surface area contributed by atoms with E-state index in [1.54, 1.807) is 11.3 Å². The maximum absolute atomic E-state index is 5.89. The number of hydrogen-bond acceptors (Lipinski definition) is 2. The van der Waals surface area contributed by atoms with Crippen molar-refractivity contribution in [3.63, 3.8) is 0 Å². The molecular formula is C12H17NS. The predicted molar refractivity (Wildman–Crippen MR) is 65.5 cm³/mol. The molecule has 1 rings (SSSR count). The van der Waals surface area contributed by atoms with Crippen molar-refractivity contribution in [1.29, 1.82) is 0 Å². The number of aryl methyl sites for hydroxylation is 1. The highest BCUT2D eigenvalue weighted by Gasteiger charge is 2.05. The second-order valence-corrected chi connectivity index (χ2v) is 4.70. The Morgan fingerprint density at radius 2 is 2.36 bits per heavy atom. The van der Waals surface area contributed by atoms with E-state index in [1.807, 2.05) is 19.1 Å². The molecule has 0 spiro atoms. The van der Waals surface area contributed by atoms with Gasteiger partial charge in [-0.05, 0) is 38.0 Å². The quantitative estimate of drug-likeness (QED) is 0.753. The van der Waals surface area contributed by atoms with Gasteiger partial charge in [-0.2, -0.15) is 0 Å². The molecule has 1 heterocycles. The Labute approximate surface area is 90.0 Å². The zero-order valence-corrected chi connectivity index (χ0v) is 9.60. The van der Waals surface area contributed by atoms with Crippen molar-refractivity contribution < 1.29 is 0 Å². The van der Waals surface area contributed by atoms with Crippen LogP contribution in [0.4, 0.5) is 0 Å². The normalized spacial score (nSPS) is 13.4. The van der Waals surface area contributed by atoms with Gasteiger partial charge in [0.15, 0.2) is 0 Å². The van der Waals surface area contributed by atoms with Gasteiger partial charge in [0.25, 0.3) is 0 Å². The second-order valence-electron chi connectivity index (χ2n) is 3.41. The molecule has 0 aromatic carbocycles. The van der Waals surface area contributed by atoms with Crippen molar-refractivity contribution in [2.45, 2.75) is 26.3 Å². The second kappa shape index (κ2) is 5.13. The van der Waals surface area contributed by atoms with Gasteiger partial charge in [-0.15, -0.1) is 11.3 Å². The third kappa shape index (κ3) is 3.13. The average Bonchev–Trinajstić information content (AvgIpc) is 2.52. The van der Waals surface area contributed by atoms with E-state index in [1.165, 1.54) is 9.75 Å². The third-order valence-corrected chi connectivity index (χ3v) is 3.11. The first-order valence-corrected chi connectivity index (χ1v) is 5.58. The van der Waals surface area contributed by atoms with Gasteiger partial charge >= 0.3 is 0 Å². The molecule has 0 aliphatic carbocycles. The van der Waals surface area contributed by atoms with Crippen LogP contribution < -0.4 is 5.73 Å². The summed E-state index contributed by atoms with van der Waals surface area (Å²) in [6.45, 7) is 8.15. The van der Waals surface area contributed by atoms with E-state index < -0.39 is 0 Å². The van der Waals surface area contributed by atoms with E-state index in [9.17, 15) is 0 Å². The number of allylic oxidation sites excluding steroid dienone is 1. The number of hydrogen-bond donors (Lipinski definition) is 1. The van der Waals surface area contributed by atoms with E-state index in [2.05, 4.69) is 25.6 Å². The topological polar surface area (TPSA) is 26.0 Å². The Kier molecular flexibility index (Phi) is 4.11. The number of rotatable bonds is 4. The molecule has 0 unspecified atom stereocenters. The van der Waals surface area contributed by atoms with Crippen molar-refractivity contribution in [2.24, 2.45) is 5.73 Å². The average molecular weight is 207 g/mol. The Hall–Kier alpha value is -0.860. The van der Waals surface area contributed by atoms with Crippen LogP contribution in [0.3, 0.4) is 0 Å². The van der Waals surface area contributed by atoms with Gasteiger partial charge in [-0.1, -0.05) is 18.7 Å². The van der Waals surface area contributed by atoms with Crippen molar-refractivity contribution >= 4 is 16.9 Å². The summed E-state index contributed by atoms with van der Waals surface area (Å²) in [5.41, 5.74) is 7.02. The summed E-state index contributed by atoms with van der Waals surface area (Å²) in [6.07, 6.45) is 4.83. The first kappa shape index (κ1) is 11.2. The Morgan fingerprint density at radius 1 is 1.64 bits per heavy atom. The van der Waals surface area contributed by atoms with Gasteiger partial charge < -0.3 is 5.73 Å². The molecule has 0 aliphatic rings. The lowest BCUT2D eigenvalue weighted by atomic mass is 10.1. The summed E-state index contributed by atoms with van der Waals surface area (Å²) in [7, 11) is 0. The van der Waals surface area contributed by atoms with Crippen molar-refractivity contribution in [3.8, 4) is 0 Å². The molecule has 0 amide bonds. The Bertz CT molecular complexity index is 336. The van der Waals surface area contributed by atoms with Crippen molar-refractivity contribution in [2.75, 3.05) is 0 Å². The van der Waals surface area contributed by atoms with Gasteiger partial charge in [0.2, 0.25) is 0 Å². The highest BCUT2D eigenvalue weighted by Crippen LogP contribution is 2.25. The third-order valence-electron chi connectivity index (χ3n) is 2.01. The smallest absolute Gasteiger partial charge is 0.0299 e. The van der Waals surface area contributed by atoms with E-state index in [4.69, 9.17) is 5.73 Å². The van der Waals surface area contributed by atoms with Crippen LogP contribution in [0.5, 0.6) is 0 Å². The molecule has 2 N–H and O–H groups in total. The molecule has 1 aromatic heterocycles. The fourth-order valence-corrected chi connectivity index (χ4v) is 2.17. The van der Waals surface area contributed by atoms with Crippen LogP contribution in [0.25, 0.3) is 5.57 Å². The molecule has 0 radical (unpaired) electrons. The van der Waals surface area contributed by atoms with Crippen molar-refractivity contribution in [3.05, 3.63) is 40.6 Å². The molecule has 0 saturated heterocycles. The van der Waals surface area contributed by atoms with Crippen LogP contribution >= 0.6 is 11.3 Å². The first-order valence-electron chi connectivity index (χ1n) is 4.76. The van der Waals surface area contributed by atoms with Crippen LogP contribution in [0.2, 0.25) is 0 Å². The Morgan fingerprint density at radius 3 is 2.86 bits per heavy atom. The highest BCUT2D eigenvalue weighted by atomic mass is 32.1. The SMILES string of the molecule is C=C(C[C@@H](N)/C=C\C)c1ccc(C)s1. The van der Waals surface area contributed by atoms with Gasteiger partial charge in [0, 0.05) is 15.8 Å². The zero-order valence-electron chi connectivity index (χ0n) is 8.79. The van der Waals surface area contributed by atoms with Crippen LogP contribution in [-0.2, 0) is 0 Å². The molecule has 0 saturated carbocycles.